The average Bonchev–Trinajstić information content (AvgIpc) is 2.60. The van der Waals surface area contributed by atoms with Crippen LogP contribution in [-0.4, -0.2) is 32.7 Å². The van der Waals surface area contributed by atoms with Crippen LogP contribution in [0.3, 0.4) is 0 Å². The molecule has 0 atom stereocenters. The minimum atomic E-state index is -3.51. The first-order chi connectivity index (χ1) is 11.3. The van der Waals surface area contributed by atoms with Crippen molar-refractivity contribution in [3.8, 4) is 6.07 Å². The molecule has 0 radical (unpaired) electrons. The fourth-order valence-corrected chi connectivity index (χ4v) is 2.87. The molecule has 0 unspecified atom stereocenters. The summed E-state index contributed by atoms with van der Waals surface area (Å²) in [6.07, 6.45) is 0. The van der Waals surface area contributed by atoms with Gasteiger partial charge in [-0.3, -0.25) is 4.79 Å². The number of hydrogen-bond acceptors (Lipinski definition) is 4. The van der Waals surface area contributed by atoms with E-state index in [1.807, 2.05) is 6.07 Å². The molecule has 2 aromatic rings. The summed E-state index contributed by atoms with van der Waals surface area (Å²) in [5, 5.41) is 11.5. The number of sulfonamides is 1. The highest BCUT2D eigenvalue weighted by molar-refractivity contribution is 7.89. The summed E-state index contributed by atoms with van der Waals surface area (Å²) < 4.78 is 25.1. The number of carbonyl (C=O) groups is 1. The Labute approximate surface area is 141 Å². The highest BCUT2D eigenvalue weighted by atomic mass is 32.2. The summed E-state index contributed by atoms with van der Waals surface area (Å²) >= 11 is 0. The third kappa shape index (κ3) is 3.98. The topological polar surface area (TPSA) is 90.3 Å². The fraction of sp³-hybridized carbons (Fsp3) is 0.176. The zero-order chi connectivity index (χ0) is 17.7. The predicted molar refractivity (Wildman–Crippen MR) is 89.6 cm³/mol. The van der Waals surface area contributed by atoms with Gasteiger partial charge in [0.05, 0.1) is 16.5 Å². The molecule has 0 aromatic heterocycles. The summed E-state index contributed by atoms with van der Waals surface area (Å²) in [7, 11) is -0.602. The van der Waals surface area contributed by atoms with Crippen molar-refractivity contribution in [3.05, 3.63) is 65.2 Å². The minimum absolute atomic E-state index is 0.135. The number of carbonyl (C=O) groups excluding carboxylic acids is 1. The Balaban J connectivity index is 2.04. The van der Waals surface area contributed by atoms with Crippen LogP contribution in [0.1, 0.15) is 21.5 Å². The van der Waals surface area contributed by atoms with Gasteiger partial charge in [0.2, 0.25) is 10.0 Å². The van der Waals surface area contributed by atoms with Crippen LogP contribution >= 0.6 is 0 Å². The molecule has 24 heavy (non-hydrogen) atoms. The summed E-state index contributed by atoms with van der Waals surface area (Å²) in [4.78, 5) is 12.2. The molecule has 6 nitrogen and oxygen atoms in total. The third-order valence-electron chi connectivity index (χ3n) is 3.43. The molecule has 0 aliphatic heterocycles. The summed E-state index contributed by atoms with van der Waals surface area (Å²) in [6.45, 7) is 0.322. The molecule has 0 spiro atoms. The second kappa shape index (κ2) is 7.25. The van der Waals surface area contributed by atoms with Crippen LogP contribution in [0.5, 0.6) is 0 Å². The van der Waals surface area contributed by atoms with Crippen molar-refractivity contribution in [1.29, 1.82) is 5.26 Å². The van der Waals surface area contributed by atoms with Crippen molar-refractivity contribution in [2.24, 2.45) is 0 Å². The first kappa shape index (κ1) is 17.7. The van der Waals surface area contributed by atoms with Gasteiger partial charge in [-0.05, 0) is 42.0 Å². The van der Waals surface area contributed by atoms with Gasteiger partial charge in [-0.1, -0.05) is 12.1 Å². The largest absolute Gasteiger partial charge is 0.348 e. The van der Waals surface area contributed by atoms with Crippen molar-refractivity contribution in [1.82, 2.24) is 9.62 Å². The lowest BCUT2D eigenvalue weighted by atomic mass is 10.1. The first-order valence-corrected chi connectivity index (χ1v) is 8.58. The van der Waals surface area contributed by atoms with Gasteiger partial charge in [0.15, 0.2) is 0 Å². The minimum Gasteiger partial charge on any atom is -0.348 e. The number of nitrogens with one attached hydrogen (secondary N) is 1. The Morgan fingerprint density at radius 2 is 1.67 bits per heavy atom. The Morgan fingerprint density at radius 1 is 1.08 bits per heavy atom. The Hall–Kier alpha value is -2.69. The Morgan fingerprint density at radius 3 is 2.17 bits per heavy atom. The lowest BCUT2D eigenvalue weighted by molar-refractivity contribution is 0.0951. The van der Waals surface area contributed by atoms with E-state index in [0.29, 0.717) is 17.7 Å². The summed E-state index contributed by atoms with van der Waals surface area (Å²) in [5.41, 5.74) is 1.80. The van der Waals surface area contributed by atoms with Crippen LogP contribution in [0, 0.1) is 11.3 Å². The molecule has 0 heterocycles. The summed E-state index contributed by atoms with van der Waals surface area (Å²) in [6, 6.07) is 14.7. The van der Waals surface area contributed by atoms with E-state index < -0.39 is 10.0 Å². The van der Waals surface area contributed by atoms with Gasteiger partial charge in [-0.25, -0.2) is 12.7 Å². The maximum atomic E-state index is 12.1. The quantitative estimate of drug-likeness (QED) is 0.895. The van der Waals surface area contributed by atoms with Crippen molar-refractivity contribution in [3.63, 3.8) is 0 Å². The lowest BCUT2D eigenvalue weighted by Crippen LogP contribution is -2.24. The SMILES string of the molecule is CN(C)S(=O)(=O)c1ccc(C(=O)NCc2ccc(C#N)cc2)cc1. The van der Waals surface area contributed by atoms with E-state index >= 15 is 0 Å². The van der Waals surface area contributed by atoms with Gasteiger partial charge in [0.25, 0.3) is 5.91 Å². The molecule has 124 valence electrons. The van der Waals surface area contributed by atoms with E-state index in [-0.39, 0.29) is 10.8 Å². The second-order valence-corrected chi connectivity index (χ2v) is 7.46. The van der Waals surface area contributed by atoms with E-state index in [4.69, 9.17) is 5.26 Å². The molecular weight excluding hydrogens is 326 g/mol. The van der Waals surface area contributed by atoms with Gasteiger partial charge >= 0.3 is 0 Å². The molecular formula is C17H17N3O3S. The number of hydrogen-bond donors (Lipinski definition) is 1. The number of rotatable bonds is 5. The van der Waals surface area contributed by atoms with Gasteiger partial charge in [-0.15, -0.1) is 0 Å². The molecule has 2 rings (SSSR count). The third-order valence-corrected chi connectivity index (χ3v) is 5.26. The molecule has 7 heteroatoms. The lowest BCUT2D eigenvalue weighted by Gasteiger charge is -2.11. The normalized spacial score (nSPS) is 11.1. The van der Waals surface area contributed by atoms with Crippen LogP contribution in [0.2, 0.25) is 0 Å². The van der Waals surface area contributed by atoms with E-state index in [2.05, 4.69) is 5.32 Å². The zero-order valence-corrected chi connectivity index (χ0v) is 14.2. The maximum Gasteiger partial charge on any atom is 0.251 e. The average molecular weight is 343 g/mol. The van der Waals surface area contributed by atoms with Gasteiger partial charge in [0, 0.05) is 26.2 Å². The number of nitrogens with zero attached hydrogens (tertiary/aromatic N) is 2. The molecule has 1 N–H and O–H groups in total. The highest BCUT2D eigenvalue weighted by Crippen LogP contribution is 2.14. The van der Waals surface area contributed by atoms with Crippen LogP contribution in [-0.2, 0) is 16.6 Å². The molecule has 0 aliphatic rings. The molecule has 0 aliphatic carbocycles. The van der Waals surface area contributed by atoms with Crippen molar-refractivity contribution in [2.75, 3.05) is 14.1 Å². The fourth-order valence-electron chi connectivity index (χ4n) is 1.97. The van der Waals surface area contributed by atoms with Crippen molar-refractivity contribution < 1.29 is 13.2 Å². The highest BCUT2D eigenvalue weighted by Gasteiger charge is 2.17. The smallest absolute Gasteiger partial charge is 0.251 e. The predicted octanol–water partition coefficient (Wildman–Crippen LogP) is 1.74. The van der Waals surface area contributed by atoms with E-state index in [1.165, 1.54) is 38.4 Å². The molecule has 0 saturated carbocycles. The maximum absolute atomic E-state index is 12.1. The number of benzene rings is 2. The van der Waals surface area contributed by atoms with Gasteiger partial charge in [0.1, 0.15) is 0 Å². The van der Waals surface area contributed by atoms with Crippen LogP contribution in [0.25, 0.3) is 0 Å². The Bertz CT molecular complexity index is 865. The van der Waals surface area contributed by atoms with Crippen molar-refractivity contribution in [2.45, 2.75) is 11.4 Å². The van der Waals surface area contributed by atoms with Crippen LogP contribution in [0.15, 0.2) is 53.4 Å². The van der Waals surface area contributed by atoms with E-state index in [1.54, 1.807) is 24.3 Å². The number of amides is 1. The van der Waals surface area contributed by atoms with Gasteiger partial charge in [-0.2, -0.15) is 5.26 Å². The second-order valence-electron chi connectivity index (χ2n) is 5.30. The van der Waals surface area contributed by atoms with E-state index in [9.17, 15) is 13.2 Å². The van der Waals surface area contributed by atoms with Crippen LogP contribution < -0.4 is 5.32 Å². The Kier molecular flexibility index (Phi) is 5.34. The molecule has 1 amide bonds. The van der Waals surface area contributed by atoms with Crippen molar-refractivity contribution >= 4 is 15.9 Å². The molecule has 0 fully saturated rings. The summed E-state index contributed by atoms with van der Waals surface area (Å²) in [5.74, 6) is -0.298. The van der Waals surface area contributed by atoms with Gasteiger partial charge < -0.3 is 5.32 Å². The first-order valence-electron chi connectivity index (χ1n) is 7.14. The monoisotopic (exact) mass is 343 g/mol. The molecule has 2 aromatic carbocycles. The van der Waals surface area contributed by atoms with Crippen LogP contribution in [0.4, 0.5) is 0 Å². The molecule has 0 saturated heterocycles. The van der Waals surface area contributed by atoms with E-state index in [0.717, 1.165) is 9.87 Å². The standard InChI is InChI=1S/C17H17N3O3S/c1-20(2)24(22,23)16-9-7-15(8-10-16)17(21)19-12-14-5-3-13(11-18)4-6-14/h3-10H,12H2,1-2H3,(H,19,21). The molecule has 0 bridgehead atoms. The zero-order valence-electron chi connectivity index (χ0n) is 13.4. The number of nitriles is 1.